The third-order valence-electron chi connectivity index (χ3n) is 5.23. The number of thiophene rings is 1. The van der Waals surface area contributed by atoms with Gasteiger partial charge < -0.3 is 4.90 Å². The Kier molecular flexibility index (Phi) is 5.45. The number of thioether (sulfide) groups is 1. The van der Waals surface area contributed by atoms with Crippen LogP contribution in [-0.4, -0.2) is 32.5 Å². The van der Waals surface area contributed by atoms with Gasteiger partial charge in [-0.3, -0.25) is 14.0 Å². The molecule has 4 aromatic rings. The predicted octanol–water partition coefficient (Wildman–Crippen LogP) is 4.23. The van der Waals surface area contributed by atoms with E-state index >= 15 is 0 Å². The van der Waals surface area contributed by atoms with Crippen molar-refractivity contribution >= 4 is 45.3 Å². The van der Waals surface area contributed by atoms with Crippen molar-refractivity contribution in [3.05, 3.63) is 91.5 Å². The van der Waals surface area contributed by atoms with E-state index in [-0.39, 0.29) is 17.5 Å². The van der Waals surface area contributed by atoms with Crippen molar-refractivity contribution < 1.29 is 4.79 Å². The molecular formula is C22H19N3O2S3. The average molecular weight is 454 g/mol. The molecule has 1 aromatic carbocycles. The highest BCUT2D eigenvalue weighted by atomic mass is 32.2. The zero-order valence-electron chi connectivity index (χ0n) is 16.1. The summed E-state index contributed by atoms with van der Waals surface area (Å²) in [5, 5.41) is 3.97. The standard InChI is InChI=1S/C22H19N3O2S3/c26-19-12-16(23-22-25(19)9-11-30-22)13-28-14-20(27)24-8-6-18-17(7-10-29-18)21(24)15-4-2-1-3-5-15/h1-5,7,9-12,21H,6,8,13-14H2/t21-/m0/s1. The predicted molar refractivity (Wildman–Crippen MR) is 124 cm³/mol. The van der Waals surface area contributed by atoms with Crippen molar-refractivity contribution in [2.75, 3.05) is 12.3 Å². The minimum absolute atomic E-state index is 0.0282. The van der Waals surface area contributed by atoms with E-state index in [0.717, 1.165) is 24.2 Å². The minimum atomic E-state index is -0.0756. The van der Waals surface area contributed by atoms with Gasteiger partial charge in [-0.2, -0.15) is 0 Å². The molecule has 152 valence electrons. The van der Waals surface area contributed by atoms with Crippen LogP contribution in [0.1, 0.15) is 27.7 Å². The molecule has 8 heteroatoms. The molecule has 5 nitrogen and oxygen atoms in total. The maximum absolute atomic E-state index is 13.2. The van der Waals surface area contributed by atoms with Gasteiger partial charge in [0.05, 0.1) is 17.5 Å². The number of carbonyl (C=O) groups is 1. The molecule has 5 rings (SSSR count). The molecule has 1 aliphatic heterocycles. The van der Waals surface area contributed by atoms with Crippen LogP contribution in [-0.2, 0) is 17.0 Å². The fraction of sp³-hybridized carbons (Fsp3) is 0.227. The monoisotopic (exact) mass is 453 g/mol. The number of amides is 1. The lowest BCUT2D eigenvalue weighted by molar-refractivity contribution is -0.130. The summed E-state index contributed by atoms with van der Waals surface area (Å²) in [4.78, 5) is 33.9. The van der Waals surface area contributed by atoms with Crippen LogP contribution < -0.4 is 5.56 Å². The quantitative estimate of drug-likeness (QED) is 0.454. The topological polar surface area (TPSA) is 54.7 Å². The zero-order valence-corrected chi connectivity index (χ0v) is 18.5. The van der Waals surface area contributed by atoms with Crippen LogP contribution in [0.25, 0.3) is 4.96 Å². The molecule has 0 fully saturated rings. The Hall–Kier alpha value is -2.42. The Morgan fingerprint density at radius 2 is 2.03 bits per heavy atom. The van der Waals surface area contributed by atoms with Crippen LogP contribution >= 0.6 is 34.4 Å². The summed E-state index contributed by atoms with van der Waals surface area (Å²) in [6.07, 6.45) is 2.63. The molecular weight excluding hydrogens is 434 g/mol. The molecule has 3 aromatic heterocycles. The fourth-order valence-electron chi connectivity index (χ4n) is 3.87. The molecule has 0 bridgehead atoms. The number of thiazole rings is 1. The second-order valence-corrected chi connectivity index (χ2v) is 9.94. The summed E-state index contributed by atoms with van der Waals surface area (Å²) in [6, 6.07) is 13.9. The molecule has 0 N–H and O–H groups in total. The second-order valence-electron chi connectivity index (χ2n) is 7.08. The first-order valence-corrected chi connectivity index (χ1v) is 12.6. The molecule has 0 spiro atoms. The van der Waals surface area contributed by atoms with Gasteiger partial charge in [0.2, 0.25) is 5.91 Å². The second kappa shape index (κ2) is 8.37. The number of fused-ring (bicyclic) bond motifs is 2. The fourth-order valence-corrected chi connectivity index (χ4v) is 6.31. The molecule has 1 amide bonds. The Morgan fingerprint density at radius 3 is 2.90 bits per heavy atom. The van der Waals surface area contributed by atoms with Gasteiger partial charge in [-0.05, 0) is 29.0 Å². The molecule has 0 unspecified atom stereocenters. The summed E-state index contributed by atoms with van der Waals surface area (Å²) in [5.41, 5.74) is 3.04. The third-order valence-corrected chi connectivity index (χ3v) is 7.94. The van der Waals surface area contributed by atoms with E-state index in [2.05, 4.69) is 28.6 Å². The molecule has 0 saturated heterocycles. The SMILES string of the molecule is O=C(CSCc1cc(=O)n2ccsc2n1)N1CCc2sccc2[C@@H]1c1ccccc1. The van der Waals surface area contributed by atoms with Gasteiger partial charge in [0.25, 0.3) is 5.56 Å². The maximum atomic E-state index is 13.2. The summed E-state index contributed by atoms with van der Waals surface area (Å²) >= 11 is 4.73. The van der Waals surface area contributed by atoms with Gasteiger partial charge in [0, 0.05) is 34.8 Å². The maximum Gasteiger partial charge on any atom is 0.258 e. The van der Waals surface area contributed by atoms with Gasteiger partial charge in [-0.15, -0.1) is 34.4 Å². The largest absolute Gasteiger partial charge is 0.330 e. The first kappa shape index (κ1) is 19.5. The number of aromatic nitrogens is 2. The number of benzene rings is 1. The van der Waals surface area contributed by atoms with Crippen LogP contribution in [0.5, 0.6) is 0 Å². The van der Waals surface area contributed by atoms with Gasteiger partial charge in [0.15, 0.2) is 4.96 Å². The highest BCUT2D eigenvalue weighted by Crippen LogP contribution is 2.38. The average Bonchev–Trinajstić information content (AvgIpc) is 3.43. The first-order chi connectivity index (χ1) is 14.7. The Labute approximate surface area is 186 Å². The van der Waals surface area contributed by atoms with E-state index in [4.69, 9.17) is 0 Å². The van der Waals surface area contributed by atoms with Crippen LogP contribution in [0.4, 0.5) is 0 Å². The summed E-state index contributed by atoms with van der Waals surface area (Å²) in [7, 11) is 0. The zero-order chi connectivity index (χ0) is 20.5. The van der Waals surface area contributed by atoms with Crippen molar-refractivity contribution in [1.29, 1.82) is 0 Å². The van der Waals surface area contributed by atoms with Gasteiger partial charge in [-0.1, -0.05) is 30.3 Å². The van der Waals surface area contributed by atoms with Gasteiger partial charge in [-0.25, -0.2) is 4.98 Å². The van der Waals surface area contributed by atoms with E-state index < -0.39 is 0 Å². The molecule has 0 saturated carbocycles. The van der Waals surface area contributed by atoms with E-state index in [1.54, 1.807) is 28.0 Å². The molecule has 30 heavy (non-hydrogen) atoms. The minimum Gasteiger partial charge on any atom is -0.330 e. The van der Waals surface area contributed by atoms with E-state index in [1.165, 1.54) is 33.5 Å². The third kappa shape index (κ3) is 3.71. The van der Waals surface area contributed by atoms with Crippen molar-refractivity contribution in [2.24, 2.45) is 0 Å². The van der Waals surface area contributed by atoms with E-state index in [1.807, 2.05) is 28.5 Å². The van der Waals surface area contributed by atoms with Crippen LogP contribution in [0.3, 0.4) is 0 Å². The van der Waals surface area contributed by atoms with Gasteiger partial charge >= 0.3 is 0 Å². The molecule has 4 heterocycles. The van der Waals surface area contributed by atoms with Crippen LogP contribution in [0, 0.1) is 0 Å². The van der Waals surface area contributed by atoms with Crippen LogP contribution in [0.15, 0.2) is 64.2 Å². The first-order valence-electron chi connectivity index (χ1n) is 9.65. The number of hydrogen-bond donors (Lipinski definition) is 0. The van der Waals surface area contributed by atoms with Crippen molar-refractivity contribution in [3.63, 3.8) is 0 Å². The Morgan fingerprint density at radius 1 is 1.17 bits per heavy atom. The van der Waals surface area contributed by atoms with Crippen LogP contribution in [0.2, 0.25) is 0 Å². The highest BCUT2D eigenvalue weighted by molar-refractivity contribution is 7.99. The molecule has 1 atom stereocenters. The summed E-state index contributed by atoms with van der Waals surface area (Å²) in [5.74, 6) is 1.04. The Bertz CT molecular complexity index is 1250. The highest BCUT2D eigenvalue weighted by Gasteiger charge is 2.32. The van der Waals surface area contributed by atoms with E-state index in [0.29, 0.717) is 16.5 Å². The number of rotatable bonds is 5. The summed E-state index contributed by atoms with van der Waals surface area (Å²) in [6.45, 7) is 0.729. The lowest BCUT2D eigenvalue weighted by atomic mass is 9.93. The Balaban J connectivity index is 1.31. The number of carbonyl (C=O) groups excluding carboxylic acids is 1. The molecule has 0 radical (unpaired) electrons. The number of nitrogens with zero attached hydrogens (tertiary/aromatic N) is 3. The van der Waals surface area contributed by atoms with Crippen molar-refractivity contribution in [3.8, 4) is 0 Å². The normalized spacial score (nSPS) is 16.0. The number of hydrogen-bond acceptors (Lipinski definition) is 6. The molecule has 1 aliphatic rings. The van der Waals surface area contributed by atoms with E-state index in [9.17, 15) is 9.59 Å². The van der Waals surface area contributed by atoms with Crippen molar-refractivity contribution in [2.45, 2.75) is 18.2 Å². The lowest BCUT2D eigenvalue weighted by Gasteiger charge is -2.36. The lowest BCUT2D eigenvalue weighted by Crippen LogP contribution is -2.41. The van der Waals surface area contributed by atoms with Crippen molar-refractivity contribution in [1.82, 2.24) is 14.3 Å². The summed E-state index contributed by atoms with van der Waals surface area (Å²) < 4.78 is 1.54. The van der Waals surface area contributed by atoms with Gasteiger partial charge in [0.1, 0.15) is 0 Å². The molecule has 0 aliphatic carbocycles. The smallest absolute Gasteiger partial charge is 0.258 e.